The average molecular weight is 325 g/mol. The van der Waals surface area contributed by atoms with E-state index in [0.717, 1.165) is 0 Å². The van der Waals surface area contributed by atoms with Crippen LogP contribution in [0.4, 0.5) is 9.57 Å². The molecule has 1 aliphatic heterocycles. The smallest absolute Gasteiger partial charge is 0.302 e. The molecule has 1 atom stereocenters. The van der Waals surface area contributed by atoms with Crippen LogP contribution < -0.4 is 10.5 Å². The number of hydrogen-bond donors (Lipinski definition) is 1. The molecule has 0 bridgehead atoms. The minimum Gasteiger partial charge on any atom is -0.313 e. The summed E-state index contributed by atoms with van der Waals surface area (Å²) in [6, 6.07) is 4.75. The normalized spacial score (nSPS) is 19.0. The molecule has 1 aromatic heterocycles. The van der Waals surface area contributed by atoms with Crippen molar-refractivity contribution in [2.45, 2.75) is 6.42 Å². The molecule has 9 heteroatoms. The van der Waals surface area contributed by atoms with E-state index in [2.05, 4.69) is 9.97 Å². The Kier molecular flexibility index (Phi) is 3.44. The van der Waals surface area contributed by atoms with Gasteiger partial charge in [0, 0.05) is 24.6 Å². The summed E-state index contributed by atoms with van der Waals surface area (Å²) in [5, 5.41) is 0.328. The number of nitrogens with zero attached hydrogens (tertiary/aromatic N) is 2. The highest BCUT2D eigenvalue weighted by Gasteiger charge is 2.33. The molecule has 1 saturated heterocycles. The first kappa shape index (κ1) is 14.6. The maximum Gasteiger partial charge on any atom is 0.302 e. The number of hydrogen-bond acceptors (Lipinski definition) is 5. The van der Waals surface area contributed by atoms with E-state index < -0.39 is 21.9 Å². The van der Waals surface area contributed by atoms with Crippen LogP contribution in [0.25, 0.3) is 10.9 Å². The van der Waals surface area contributed by atoms with Crippen molar-refractivity contribution in [3.05, 3.63) is 34.9 Å². The quantitative estimate of drug-likeness (QED) is 0.832. The summed E-state index contributed by atoms with van der Waals surface area (Å²) in [4.78, 5) is 31.6. The summed E-state index contributed by atoms with van der Waals surface area (Å²) in [6.45, 7) is 0.103. The number of amides is 1. The van der Waals surface area contributed by atoms with Crippen LogP contribution in [0.5, 0.6) is 0 Å². The van der Waals surface area contributed by atoms with Crippen LogP contribution in [-0.4, -0.2) is 36.6 Å². The van der Waals surface area contributed by atoms with E-state index >= 15 is 0 Å². The zero-order chi connectivity index (χ0) is 15.9. The fourth-order valence-electron chi connectivity index (χ4n) is 2.65. The van der Waals surface area contributed by atoms with Gasteiger partial charge in [0.15, 0.2) is 0 Å². The molecule has 1 unspecified atom stereocenters. The number of rotatable bonds is 3. The average Bonchev–Trinajstić information content (AvgIpc) is 2.77. The number of aromatic amines is 1. The summed E-state index contributed by atoms with van der Waals surface area (Å²) in [5.74, 6) is -1.57. The minimum absolute atomic E-state index is 0.0371. The third-order valence-electron chi connectivity index (χ3n) is 3.58. The lowest BCUT2D eigenvalue weighted by molar-refractivity contribution is -0.117. The van der Waals surface area contributed by atoms with Crippen molar-refractivity contribution < 1.29 is 17.1 Å². The van der Waals surface area contributed by atoms with Gasteiger partial charge in [-0.2, -0.15) is 8.42 Å². The van der Waals surface area contributed by atoms with Gasteiger partial charge in [0.05, 0.1) is 23.0 Å². The Bertz CT molecular complexity index is 909. The second kappa shape index (κ2) is 5.16. The van der Waals surface area contributed by atoms with E-state index in [4.69, 9.17) is 0 Å². The van der Waals surface area contributed by atoms with Gasteiger partial charge in [0.1, 0.15) is 0 Å². The van der Waals surface area contributed by atoms with Crippen molar-refractivity contribution in [2.75, 3.05) is 17.2 Å². The number of benzene rings is 1. The number of H-pyrrole nitrogens is 1. The molecular formula is C13H12FN3O4S. The highest BCUT2D eigenvalue weighted by molar-refractivity contribution is 7.86. The second-order valence-electron chi connectivity index (χ2n) is 5.21. The largest absolute Gasteiger partial charge is 0.313 e. The number of nitrogens with one attached hydrogen (secondary N) is 1. The first-order valence-corrected chi connectivity index (χ1v) is 8.09. The summed E-state index contributed by atoms with van der Waals surface area (Å²) >= 11 is 0. The third-order valence-corrected chi connectivity index (χ3v) is 4.45. The monoisotopic (exact) mass is 325 g/mol. The van der Waals surface area contributed by atoms with Crippen molar-refractivity contribution >= 4 is 32.7 Å². The van der Waals surface area contributed by atoms with Gasteiger partial charge < -0.3 is 9.88 Å². The van der Waals surface area contributed by atoms with Crippen molar-refractivity contribution in [1.29, 1.82) is 0 Å². The first-order chi connectivity index (χ1) is 10.3. The topological polar surface area (TPSA) is 100 Å². The van der Waals surface area contributed by atoms with Crippen molar-refractivity contribution in [3.8, 4) is 0 Å². The molecule has 3 rings (SSSR count). The van der Waals surface area contributed by atoms with Gasteiger partial charge in [-0.25, -0.2) is 4.98 Å². The molecule has 0 radical (unpaired) electrons. The molecule has 0 saturated carbocycles. The van der Waals surface area contributed by atoms with E-state index in [9.17, 15) is 21.9 Å². The summed E-state index contributed by atoms with van der Waals surface area (Å²) in [5.41, 5.74) is 0.623. The molecule has 2 heterocycles. The van der Waals surface area contributed by atoms with E-state index in [1.165, 1.54) is 17.3 Å². The van der Waals surface area contributed by atoms with E-state index in [1.54, 1.807) is 12.1 Å². The molecule has 22 heavy (non-hydrogen) atoms. The zero-order valence-electron chi connectivity index (χ0n) is 11.3. The van der Waals surface area contributed by atoms with Gasteiger partial charge in [-0.3, -0.25) is 9.59 Å². The van der Waals surface area contributed by atoms with Crippen molar-refractivity contribution in [1.82, 2.24) is 9.97 Å². The lowest BCUT2D eigenvalue weighted by atomic mass is 10.1. The van der Waals surface area contributed by atoms with E-state index in [0.29, 0.717) is 16.6 Å². The highest BCUT2D eigenvalue weighted by atomic mass is 32.3. The molecule has 0 aliphatic carbocycles. The van der Waals surface area contributed by atoms with Gasteiger partial charge >= 0.3 is 10.2 Å². The minimum atomic E-state index is -4.62. The highest BCUT2D eigenvalue weighted by Crippen LogP contribution is 2.27. The molecule has 2 aromatic rings. The maximum absolute atomic E-state index is 12.7. The Hall–Kier alpha value is -2.29. The number of carbonyl (C=O) groups is 1. The third kappa shape index (κ3) is 2.84. The van der Waals surface area contributed by atoms with Crippen LogP contribution in [0.2, 0.25) is 0 Å². The Morgan fingerprint density at radius 2 is 2.14 bits per heavy atom. The fraction of sp³-hybridized carbons (Fsp3) is 0.308. The predicted octanol–water partition coefficient (Wildman–Crippen LogP) is 0.575. The number of aromatic nitrogens is 2. The molecule has 1 N–H and O–H groups in total. The Balaban J connectivity index is 1.93. The molecule has 7 nitrogen and oxygen atoms in total. The summed E-state index contributed by atoms with van der Waals surface area (Å²) in [7, 11) is -4.62. The Morgan fingerprint density at radius 1 is 1.36 bits per heavy atom. The SMILES string of the molecule is O=C1CC(CS(=O)(=O)F)CN1c1ccc2nc[nH]c(=O)c2c1. The summed E-state index contributed by atoms with van der Waals surface area (Å²) < 4.78 is 34.2. The van der Waals surface area contributed by atoms with Crippen LogP contribution in [0.1, 0.15) is 6.42 Å². The lowest BCUT2D eigenvalue weighted by Gasteiger charge is -2.16. The van der Waals surface area contributed by atoms with E-state index in [1.807, 2.05) is 0 Å². The number of halogens is 1. The first-order valence-electron chi connectivity index (χ1n) is 6.53. The van der Waals surface area contributed by atoms with Crippen LogP contribution in [0, 0.1) is 5.92 Å². The van der Waals surface area contributed by atoms with Crippen LogP contribution in [-0.2, 0) is 15.0 Å². The zero-order valence-corrected chi connectivity index (χ0v) is 12.1. The van der Waals surface area contributed by atoms with Crippen molar-refractivity contribution in [2.24, 2.45) is 5.92 Å². The van der Waals surface area contributed by atoms with Crippen molar-refractivity contribution in [3.63, 3.8) is 0 Å². The van der Waals surface area contributed by atoms with E-state index in [-0.39, 0.29) is 24.4 Å². The van der Waals surface area contributed by atoms with Crippen LogP contribution >= 0.6 is 0 Å². The number of fused-ring (bicyclic) bond motifs is 1. The maximum atomic E-state index is 12.7. The fourth-order valence-corrected chi connectivity index (χ4v) is 3.44. The molecule has 1 amide bonds. The second-order valence-corrected chi connectivity index (χ2v) is 6.62. The predicted molar refractivity (Wildman–Crippen MR) is 77.7 cm³/mol. The number of anilines is 1. The standard InChI is InChI=1S/C13H12FN3O4S/c14-22(20,21)6-8-3-12(18)17(5-8)9-1-2-11-10(4-9)13(19)16-7-15-11/h1-2,4,7-8H,3,5-6H2,(H,15,16,19). The van der Waals surface area contributed by atoms with Crippen LogP contribution in [0.15, 0.2) is 29.3 Å². The Labute approximate surface area is 125 Å². The molecule has 1 aromatic carbocycles. The molecular weight excluding hydrogens is 313 g/mol. The van der Waals surface area contributed by atoms with Gasteiger partial charge in [-0.1, -0.05) is 0 Å². The number of carbonyl (C=O) groups excluding carboxylic acids is 1. The lowest BCUT2D eigenvalue weighted by Crippen LogP contribution is -2.25. The van der Waals surface area contributed by atoms with Gasteiger partial charge in [-0.05, 0) is 18.2 Å². The van der Waals surface area contributed by atoms with Gasteiger partial charge in [0.25, 0.3) is 5.56 Å². The molecule has 116 valence electrons. The molecule has 0 spiro atoms. The molecule has 1 aliphatic rings. The summed E-state index contributed by atoms with van der Waals surface area (Å²) in [6.07, 6.45) is 1.25. The Morgan fingerprint density at radius 3 is 2.86 bits per heavy atom. The van der Waals surface area contributed by atoms with Gasteiger partial charge in [-0.15, -0.1) is 3.89 Å². The van der Waals surface area contributed by atoms with Gasteiger partial charge in [0.2, 0.25) is 5.91 Å². The molecule has 1 fully saturated rings. The van der Waals surface area contributed by atoms with Crippen LogP contribution in [0.3, 0.4) is 0 Å².